The van der Waals surface area contributed by atoms with Gasteiger partial charge in [-0.3, -0.25) is 4.79 Å². The highest BCUT2D eigenvalue weighted by atomic mass is 32.2. The first-order valence-electron chi connectivity index (χ1n) is 6.52. The number of hydrogen-bond acceptors (Lipinski definition) is 4. The second kappa shape index (κ2) is 5.99. The lowest BCUT2D eigenvalue weighted by atomic mass is 10.2. The van der Waals surface area contributed by atoms with Crippen LogP contribution in [0.25, 0.3) is 0 Å². The first-order valence-corrected chi connectivity index (χ1v) is 9.23. The fourth-order valence-electron chi connectivity index (χ4n) is 1.96. The highest BCUT2D eigenvalue weighted by molar-refractivity contribution is 7.90. The molecule has 0 unspecified atom stereocenters. The zero-order valence-corrected chi connectivity index (χ0v) is 13.8. The summed E-state index contributed by atoms with van der Waals surface area (Å²) in [6.45, 7) is 4.06. The molecule has 1 aromatic carbocycles. The number of benzene rings is 1. The number of sulfone groups is 1. The maximum absolute atomic E-state index is 12.2. The molecule has 0 bridgehead atoms. The molecule has 21 heavy (non-hydrogen) atoms. The molecule has 4 nitrogen and oxygen atoms in total. The number of rotatable bonds is 4. The number of carbonyl (C=O) groups excluding carboxylic acids is 1. The third kappa shape index (κ3) is 3.71. The van der Waals surface area contributed by atoms with Crippen molar-refractivity contribution in [2.24, 2.45) is 0 Å². The first kappa shape index (κ1) is 15.7. The number of nitrogens with one attached hydrogen (secondary N) is 1. The van der Waals surface area contributed by atoms with Crippen LogP contribution in [-0.4, -0.2) is 20.6 Å². The maximum Gasteiger partial charge on any atom is 0.265 e. The average Bonchev–Trinajstić information content (AvgIpc) is 2.79. The predicted molar refractivity (Wildman–Crippen MR) is 85.9 cm³/mol. The van der Waals surface area contributed by atoms with Gasteiger partial charge in [0.25, 0.3) is 5.91 Å². The van der Waals surface area contributed by atoms with Crippen LogP contribution in [0.15, 0.2) is 35.2 Å². The van der Waals surface area contributed by atoms with Gasteiger partial charge in [-0.05, 0) is 49.2 Å². The van der Waals surface area contributed by atoms with Crippen molar-refractivity contribution in [2.45, 2.75) is 25.2 Å². The van der Waals surface area contributed by atoms with E-state index in [4.69, 9.17) is 0 Å². The van der Waals surface area contributed by atoms with Crippen LogP contribution in [0.1, 0.15) is 27.0 Å². The van der Waals surface area contributed by atoms with Crippen LogP contribution in [0, 0.1) is 6.92 Å². The smallest absolute Gasteiger partial charge is 0.265 e. The Labute approximate surface area is 128 Å². The Kier molecular flexibility index (Phi) is 4.49. The van der Waals surface area contributed by atoms with E-state index in [0.717, 1.165) is 17.6 Å². The van der Waals surface area contributed by atoms with Crippen molar-refractivity contribution in [3.8, 4) is 0 Å². The van der Waals surface area contributed by atoms with E-state index in [9.17, 15) is 13.2 Å². The zero-order valence-electron chi connectivity index (χ0n) is 12.1. The molecule has 0 aliphatic rings. The lowest BCUT2D eigenvalue weighted by Crippen LogP contribution is -2.10. The maximum atomic E-state index is 12.2. The van der Waals surface area contributed by atoms with Gasteiger partial charge in [0.1, 0.15) is 0 Å². The molecule has 112 valence electrons. The Bertz CT molecular complexity index is 759. The van der Waals surface area contributed by atoms with E-state index in [1.165, 1.54) is 29.0 Å². The summed E-state index contributed by atoms with van der Waals surface area (Å²) in [6.07, 6.45) is 2.06. The Morgan fingerprint density at radius 1 is 1.24 bits per heavy atom. The van der Waals surface area contributed by atoms with Crippen molar-refractivity contribution < 1.29 is 13.2 Å². The molecule has 0 fully saturated rings. The molecule has 0 spiro atoms. The van der Waals surface area contributed by atoms with Crippen LogP contribution in [0.3, 0.4) is 0 Å². The topological polar surface area (TPSA) is 63.2 Å². The highest BCUT2D eigenvalue weighted by Gasteiger charge is 2.12. The molecule has 0 radical (unpaired) electrons. The van der Waals surface area contributed by atoms with E-state index in [1.54, 1.807) is 12.1 Å². The van der Waals surface area contributed by atoms with E-state index in [-0.39, 0.29) is 10.8 Å². The molecular formula is C15H17NO3S2. The van der Waals surface area contributed by atoms with Gasteiger partial charge in [0.05, 0.1) is 9.77 Å². The Morgan fingerprint density at radius 2 is 1.86 bits per heavy atom. The third-order valence-corrected chi connectivity index (χ3v) is 5.39. The third-order valence-electron chi connectivity index (χ3n) is 3.17. The van der Waals surface area contributed by atoms with Gasteiger partial charge in [-0.2, -0.15) is 0 Å². The monoisotopic (exact) mass is 323 g/mol. The quantitative estimate of drug-likeness (QED) is 0.939. The second-order valence-electron chi connectivity index (χ2n) is 4.80. The van der Waals surface area contributed by atoms with Crippen LogP contribution >= 0.6 is 11.3 Å². The van der Waals surface area contributed by atoms with Gasteiger partial charge < -0.3 is 5.32 Å². The van der Waals surface area contributed by atoms with Gasteiger partial charge in [-0.15, -0.1) is 11.3 Å². The number of hydrogen-bond donors (Lipinski definition) is 1. The van der Waals surface area contributed by atoms with Crippen LogP contribution in [0.5, 0.6) is 0 Å². The summed E-state index contributed by atoms with van der Waals surface area (Å²) in [5, 5.41) is 2.78. The minimum Gasteiger partial charge on any atom is -0.321 e. The molecule has 0 saturated carbocycles. The van der Waals surface area contributed by atoms with E-state index in [1.807, 2.05) is 13.0 Å². The molecule has 1 N–H and O–H groups in total. The summed E-state index contributed by atoms with van der Waals surface area (Å²) < 4.78 is 22.8. The van der Waals surface area contributed by atoms with E-state index < -0.39 is 9.84 Å². The highest BCUT2D eigenvalue weighted by Crippen LogP contribution is 2.23. The first-order chi connectivity index (χ1) is 9.81. The molecule has 0 saturated heterocycles. The molecule has 1 heterocycles. The van der Waals surface area contributed by atoms with Gasteiger partial charge in [-0.25, -0.2) is 8.42 Å². The van der Waals surface area contributed by atoms with Crippen LogP contribution in [-0.2, 0) is 16.3 Å². The molecule has 1 amide bonds. The Hall–Kier alpha value is -1.66. The predicted octanol–water partition coefficient (Wildman–Crippen LogP) is 3.27. The van der Waals surface area contributed by atoms with Crippen molar-refractivity contribution in [1.29, 1.82) is 0 Å². The summed E-state index contributed by atoms with van der Waals surface area (Å²) in [5.74, 6) is -0.171. The van der Waals surface area contributed by atoms with Gasteiger partial charge in [0, 0.05) is 16.8 Å². The SMILES string of the molecule is CCc1cc(C(=O)Nc2ccc(S(C)(=O)=O)cc2)sc1C. The Morgan fingerprint density at radius 3 is 2.33 bits per heavy atom. The van der Waals surface area contributed by atoms with E-state index in [2.05, 4.69) is 12.2 Å². The second-order valence-corrected chi connectivity index (χ2v) is 8.07. The molecular weight excluding hydrogens is 306 g/mol. The average molecular weight is 323 g/mol. The van der Waals surface area contributed by atoms with Crippen molar-refractivity contribution in [1.82, 2.24) is 0 Å². The van der Waals surface area contributed by atoms with Crippen LogP contribution < -0.4 is 5.32 Å². The van der Waals surface area contributed by atoms with Crippen molar-refractivity contribution >= 4 is 32.8 Å². The minimum absolute atomic E-state index is 0.171. The van der Waals surface area contributed by atoms with E-state index in [0.29, 0.717) is 10.6 Å². The summed E-state index contributed by atoms with van der Waals surface area (Å²) in [6, 6.07) is 8.06. The standard InChI is InChI=1S/C15H17NO3S2/c1-4-11-9-14(20-10(11)2)15(17)16-12-5-7-13(8-6-12)21(3,18)19/h5-9H,4H2,1-3H3,(H,16,17). The van der Waals surface area contributed by atoms with Gasteiger partial charge in [0.15, 0.2) is 9.84 Å². The lowest BCUT2D eigenvalue weighted by Gasteiger charge is -2.04. The summed E-state index contributed by atoms with van der Waals surface area (Å²) in [5.41, 5.74) is 1.76. The molecule has 0 aliphatic heterocycles. The minimum atomic E-state index is -3.22. The Balaban J connectivity index is 2.16. The van der Waals surface area contributed by atoms with Crippen LogP contribution in [0.2, 0.25) is 0 Å². The number of amides is 1. The molecule has 6 heteroatoms. The number of anilines is 1. The number of aryl methyl sites for hydroxylation is 2. The fraction of sp³-hybridized carbons (Fsp3) is 0.267. The molecule has 2 rings (SSSR count). The lowest BCUT2D eigenvalue weighted by molar-refractivity contribution is 0.103. The summed E-state index contributed by atoms with van der Waals surface area (Å²) in [4.78, 5) is 14.2. The summed E-state index contributed by atoms with van der Waals surface area (Å²) in [7, 11) is -3.22. The molecule has 2 aromatic rings. The van der Waals surface area contributed by atoms with Gasteiger partial charge >= 0.3 is 0 Å². The normalized spacial score (nSPS) is 11.4. The largest absolute Gasteiger partial charge is 0.321 e. The molecule has 0 atom stereocenters. The van der Waals surface area contributed by atoms with Gasteiger partial charge in [0.2, 0.25) is 0 Å². The van der Waals surface area contributed by atoms with Crippen LogP contribution in [0.4, 0.5) is 5.69 Å². The van der Waals surface area contributed by atoms with Crippen molar-refractivity contribution in [2.75, 3.05) is 11.6 Å². The number of carbonyl (C=O) groups is 1. The van der Waals surface area contributed by atoms with Crippen molar-refractivity contribution in [3.05, 3.63) is 45.6 Å². The van der Waals surface area contributed by atoms with Gasteiger partial charge in [-0.1, -0.05) is 6.92 Å². The zero-order chi connectivity index (χ0) is 15.6. The molecule has 1 aromatic heterocycles. The summed E-state index contributed by atoms with van der Waals surface area (Å²) >= 11 is 1.47. The van der Waals surface area contributed by atoms with E-state index >= 15 is 0 Å². The molecule has 0 aliphatic carbocycles. The van der Waals surface area contributed by atoms with Crippen molar-refractivity contribution in [3.63, 3.8) is 0 Å². The fourth-order valence-corrected chi connectivity index (χ4v) is 3.60. The number of thiophene rings is 1.